The summed E-state index contributed by atoms with van der Waals surface area (Å²) in [6.45, 7) is 3.37. The van der Waals surface area contributed by atoms with Crippen LogP contribution in [0.25, 0.3) is 0 Å². The van der Waals surface area contributed by atoms with Crippen LogP contribution < -0.4 is 4.74 Å². The first-order valence-corrected chi connectivity index (χ1v) is 11.1. The van der Waals surface area contributed by atoms with E-state index in [1.165, 1.54) is 45.2 Å². The monoisotopic (exact) mass is 380 g/mol. The van der Waals surface area contributed by atoms with Gasteiger partial charge < -0.3 is 9.64 Å². The Hall–Kier alpha value is -1.81. The first-order valence-electron chi connectivity index (χ1n) is 11.1. The van der Waals surface area contributed by atoms with E-state index < -0.39 is 0 Å². The minimum absolute atomic E-state index is 0.292. The molecule has 1 amide bonds. The zero-order chi connectivity index (χ0) is 19.1. The number of likely N-dealkylation sites (tertiary alicyclic amines) is 1. The highest BCUT2D eigenvalue weighted by Gasteiger charge is 2.46. The van der Waals surface area contributed by atoms with Crippen molar-refractivity contribution in [2.45, 2.75) is 57.0 Å². The molecule has 3 aliphatic heterocycles. The summed E-state index contributed by atoms with van der Waals surface area (Å²) >= 11 is 0. The van der Waals surface area contributed by atoms with Crippen molar-refractivity contribution in [3.05, 3.63) is 41.5 Å². The summed E-state index contributed by atoms with van der Waals surface area (Å²) in [6.07, 6.45) is 10.8. The SMILES string of the molecule is COc1ccc(CC(=O)N2CCCC3=C[C@H]4C[C@H](CN5CCCC[C@H]45)[C@@H]32)cc1. The molecule has 1 aromatic carbocycles. The lowest BCUT2D eigenvalue weighted by Crippen LogP contribution is -2.60. The molecule has 150 valence electrons. The molecule has 3 saturated heterocycles. The largest absolute Gasteiger partial charge is 0.497 e. The van der Waals surface area contributed by atoms with Crippen molar-refractivity contribution in [3.63, 3.8) is 0 Å². The Labute approximate surface area is 168 Å². The van der Waals surface area contributed by atoms with Gasteiger partial charge in [-0.1, -0.05) is 30.2 Å². The first kappa shape index (κ1) is 18.2. The van der Waals surface area contributed by atoms with Crippen LogP contribution in [0.2, 0.25) is 0 Å². The number of methoxy groups -OCH3 is 1. The molecular weight excluding hydrogens is 348 g/mol. The molecule has 0 saturated carbocycles. The number of ether oxygens (including phenoxy) is 1. The van der Waals surface area contributed by atoms with Gasteiger partial charge in [-0.3, -0.25) is 9.69 Å². The molecule has 4 atom stereocenters. The van der Waals surface area contributed by atoms with Crippen LogP contribution in [0.3, 0.4) is 0 Å². The van der Waals surface area contributed by atoms with Crippen molar-refractivity contribution in [3.8, 4) is 5.75 Å². The fourth-order valence-corrected chi connectivity index (χ4v) is 6.27. The van der Waals surface area contributed by atoms with Gasteiger partial charge in [-0.2, -0.15) is 0 Å². The molecule has 4 nitrogen and oxygen atoms in total. The number of hydrogen-bond acceptors (Lipinski definition) is 3. The van der Waals surface area contributed by atoms with Crippen LogP contribution in [0.15, 0.2) is 35.9 Å². The maximum Gasteiger partial charge on any atom is 0.227 e. The van der Waals surface area contributed by atoms with E-state index >= 15 is 0 Å². The molecule has 28 heavy (non-hydrogen) atoms. The van der Waals surface area contributed by atoms with Gasteiger partial charge in [0, 0.05) is 19.1 Å². The summed E-state index contributed by atoms with van der Waals surface area (Å²) < 4.78 is 5.24. The lowest BCUT2D eigenvalue weighted by molar-refractivity contribution is -0.135. The maximum absolute atomic E-state index is 13.3. The summed E-state index contributed by atoms with van der Waals surface area (Å²) in [5, 5.41) is 0. The van der Waals surface area contributed by atoms with E-state index in [1.807, 2.05) is 24.3 Å². The van der Waals surface area contributed by atoms with Crippen LogP contribution >= 0.6 is 0 Å². The molecule has 4 heteroatoms. The van der Waals surface area contributed by atoms with Crippen LogP contribution in [0.1, 0.15) is 44.1 Å². The van der Waals surface area contributed by atoms with Crippen LogP contribution in [-0.4, -0.2) is 54.5 Å². The highest BCUT2D eigenvalue weighted by molar-refractivity contribution is 5.80. The van der Waals surface area contributed by atoms with Crippen molar-refractivity contribution in [2.24, 2.45) is 11.8 Å². The highest BCUT2D eigenvalue weighted by atomic mass is 16.5. The Bertz CT molecular complexity index is 756. The van der Waals surface area contributed by atoms with Gasteiger partial charge in [0.05, 0.1) is 19.6 Å². The predicted octanol–water partition coefficient (Wildman–Crippen LogP) is 3.66. The molecule has 0 unspecified atom stereocenters. The zero-order valence-electron chi connectivity index (χ0n) is 17.0. The number of fused-ring (bicyclic) bond motifs is 6. The van der Waals surface area contributed by atoms with Gasteiger partial charge in [0.25, 0.3) is 0 Å². The molecule has 4 aliphatic rings. The van der Waals surface area contributed by atoms with Crippen molar-refractivity contribution >= 4 is 5.91 Å². The van der Waals surface area contributed by atoms with E-state index in [-0.39, 0.29) is 0 Å². The number of piperidine rings is 3. The second-order valence-corrected chi connectivity index (χ2v) is 9.12. The summed E-state index contributed by atoms with van der Waals surface area (Å²) in [5.41, 5.74) is 2.65. The molecule has 1 aliphatic carbocycles. The summed E-state index contributed by atoms with van der Waals surface area (Å²) in [7, 11) is 1.68. The normalized spacial score (nSPS) is 32.2. The van der Waals surface area contributed by atoms with Crippen molar-refractivity contribution in [1.82, 2.24) is 9.80 Å². The van der Waals surface area contributed by atoms with Gasteiger partial charge in [-0.05, 0) is 68.2 Å². The summed E-state index contributed by atoms with van der Waals surface area (Å²) in [4.78, 5) is 18.2. The molecule has 0 N–H and O–H groups in total. The van der Waals surface area contributed by atoms with Gasteiger partial charge in [-0.15, -0.1) is 0 Å². The van der Waals surface area contributed by atoms with E-state index in [2.05, 4.69) is 15.9 Å². The molecule has 1 aromatic rings. The zero-order valence-corrected chi connectivity index (χ0v) is 17.0. The summed E-state index contributed by atoms with van der Waals surface area (Å²) in [5.74, 6) is 2.48. The van der Waals surface area contributed by atoms with E-state index in [4.69, 9.17) is 4.74 Å². The van der Waals surface area contributed by atoms with Crippen molar-refractivity contribution in [2.75, 3.05) is 26.7 Å². The molecule has 2 bridgehead atoms. The number of amides is 1. The third-order valence-electron chi connectivity index (χ3n) is 7.49. The molecule has 0 aromatic heterocycles. The second-order valence-electron chi connectivity index (χ2n) is 9.12. The third kappa shape index (κ3) is 3.26. The lowest BCUT2D eigenvalue weighted by Gasteiger charge is -2.54. The minimum atomic E-state index is 0.292. The third-order valence-corrected chi connectivity index (χ3v) is 7.49. The Morgan fingerprint density at radius 3 is 2.82 bits per heavy atom. The van der Waals surface area contributed by atoms with E-state index in [1.54, 1.807) is 12.7 Å². The minimum Gasteiger partial charge on any atom is -0.497 e. The highest BCUT2D eigenvalue weighted by Crippen LogP contribution is 2.45. The van der Waals surface area contributed by atoms with E-state index in [9.17, 15) is 4.79 Å². The van der Waals surface area contributed by atoms with Crippen LogP contribution in [-0.2, 0) is 11.2 Å². The first-order chi connectivity index (χ1) is 13.7. The van der Waals surface area contributed by atoms with Gasteiger partial charge in [-0.25, -0.2) is 0 Å². The Morgan fingerprint density at radius 1 is 1.14 bits per heavy atom. The van der Waals surface area contributed by atoms with Crippen molar-refractivity contribution in [1.29, 1.82) is 0 Å². The van der Waals surface area contributed by atoms with E-state index in [0.717, 1.165) is 36.2 Å². The van der Waals surface area contributed by atoms with Gasteiger partial charge in [0.2, 0.25) is 5.91 Å². The molecule has 0 spiro atoms. The number of nitrogens with zero attached hydrogens (tertiary/aromatic N) is 2. The molecule has 5 rings (SSSR count). The Balaban J connectivity index is 1.35. The fraction of sp³-hybridized carbons (Fsp3) is 0.625. The quantitative estimate of drug-likeness (QED) is 0.751. The van der Waals surface area contributed by atoms with Gasteiger partial charge >= 0.3 is 0 Å². The fourth-order valence-electron chi connectivity index (χ4n) is 6.27. The number of rotatable bonds is 3. The molecule has 0 radical (unpaired) electrons. The number of hydrogen-bond donors (Lipinski definition) is 0. The Kier molecular flexibility index (Phi) is 4.92. The topological polar surface area (TPSA) is 32.8 Å². The predicted molar refractivity (Wildman–Crippen MR) is 110 cm³/mol. The molecule has 3 fully saturated rings. The van der Waals surface area contributed by atoms with Crippen molar-refractivity contribution < 1.29 is 9.53 Å². The number of carbonyl (C=O) groups is 1. The van der Waals surface area contributed by atoms with E-state index in [0.29, 0.717) is 24.3 Å². The average Bonchev–Trinajstić information content (AvgIpc) is 2.74. The molecular formula is C24H32N2O2. The van der Waals surface area contributed by atoms with Crippen LogP contribution in [0.4, 0.5) is 0 Å². The second kappa shape index (κ2) is 7.55. The lowest BCUT2D eigenvalue weighted by atomic mass is 9.68. The Morgan fingerprint density at radius 2 is 2.00 bits per heavy atom. The number of carbonyl (C=O) groups excluding carboxylic acids is 1. The summed E-state index contributed by atoms with van der Waals surface area (Å²) in [6, 6.07) is 9.06. The number of benzene rings is 1. The van der Waals surface area contributed by atoms with Gasteiger partial charge in [0.15, 0.2) is 0 Å². The molecule has 3 heterocycles. The standard InChI is InChI=1S/C24H32N2O2/c1-28-21-9-7-17(8-10-21)13-23(27)26-12-4-5-18-14-19-15-20(24(18)26)16-25-11-3-2-6-22(19)25/h7-10,14,19-20,22,24H,2-6,11-13,15-16H2,1H3/t19-,20+,22+,24+/m0/s1. The average molecular weight is 381 g/mol. The van der Waals surface area contributed by atoms with Gasteiger partial charge in [0.1, 0.15) is 5.75 Å². The maximum atomic E-state index is 13.3. The van der Waals surface area contributed by atoms with Crippen LogP contribution in [0, 0.1) is 11.8 Å². The van der Waals surface area contributed by atoms with Crippen LogP contribution in [0.5, 0.6) is 5.75 Å². The smallest absolute Gasteiger partial charge is 0.227 e.